The van der Waals surface area contributed by atoms with Gasteiger partial charge in [-0.3, -0.25) is 9.78 Å². The highest BCUT2D eigenvalue weighted by Crippen LogP contribution is 2.43. The van der Waals surface area contributed by atoms with E-state index in [0.29, 0.717) is 0 Å². The van der Waals surface area contributed by atoms with E-state index in [0.717, 1.165) is 31.5 Å². The first-order valence-corrected chi connectivity index (χ1v) is 10.4. The number of nitrogen functional groups attached to an aromatic ring is 1. The maximum Gasteiger partial charge on any atom is 0.418 e. The number of nitrogens with two attached hydrogens (primary N) is 1. The number of ether oxygens (including phenoxy) is 1. The number of aromatic nitrogens is 3. The van der Waals surface area contributed by atoms with Crippen LogP contribution < -0.4 is 16.0 Å². The number of fused-ring (bicyclic) bond motifs is 1. The van der Waals surface area contributed by atoms with Gasteiger partial charge in [0.25, 0.3) is 11.6 Å². The molecule has 33 heavy (non-hydrogen) atoms. The van der Waals surface area contributed by atoms with Gasteiger partial charge in [-0.25, -0.2) is 9.37 Å². The zero-order valence-corrected chi connectivity index (χ0v) is 18.4. The highest BCUT2D eigenvalue weighted by Gasteiger charge is 2.38. The van der Waals surface area contributed by atoms with Crippen molar-refractivity contribution in [3.63, 3.8) is 0 Å². The second kappa shape index (κ2) is 8.45. The predicted octanol–water partition coefficient (Wildman–Crippen LogP) is 4.16. The van der Waals surface area contributed by atoms with Gasteiger partial charge in [-0.05, 0) is 51.1 Å². The van der Waals surface area contributed by atoms with Crippen LogP contribution in [0.5, 0.6) is 6.01 Å². The van der Waals surface area contributed by atoms with Crippen LogP contribution in [0.15, 0.2) is 16.9 Å². The van der Waals surface area contributed by atoms with E-state index in [2.05, 4.69) is 19.9 Å². The number of nitrogens with one attached hydrogen (secondary N) is 1. The molecule has 1 fully saturated rings. The van der Waals surface area contributed by atoms with Gasteiger partial charge in [-0.2, -0.15) is 18.2 Å². The molecule has 2 aromatic heterocycles. The summed E-state index contributed by atoms with van der Waals surface area (Å²) in [6, 6.07) is 1.95. The molecule has 0 amide bonds. The Hall–Kier alpha value is -2.92. The van der Waals surface area contributed by atoms with E-state index in [1.807, 2.05) is 7.05 Å². The molecule has 0 saturated carbocycles. The fourth-order valence-electron chi connectivity index (χ4n) is 4.07. The van der Waals surface area contributed by atoms with Crippen molar-refractivity contribution < 1.29 is 22.3 Å². The first-order valence-electron chi connectivity index (χ1n) is 10.1. The highest BCUT2D eigenvalue weighted by atomic mass is 35.5. The number of rotatable bonds is 4. The summed E-state index contributed by atoms with van der Waals surface area (Å²) in [6.45, 7) is 2.30. The standard InChI is InChI=1S/C21H20ClF4N5O2/c1-9-6-13(27)28-18(15(9)21(24,25)26)14-12(22)7-11-17(16(14)23)29-20(30-19(11)32)33-8-10-4-3-5-31(10)2/h6-7,10H,3-5,8H2,1-2H3,(H2,27,28)(H,29,30,32). The number of hydrogen-bond acceptors (Lipinski definition) is 6. The molecule has 3 heterocycles. The van der Waals surface area contributed by atoms with E-state index in [-0.39, 0.29) is 35.4 Å². The van der Waals surface area contributed by atoms with Gasteiger partial charge in [0.05, 0.1) is 27.2 Å². The number of H-pyrrole nitrogens is 1. The molecule has 176 valence electrons. The Kier molecular flexibility index (Phi) is 5.95. The molecule has 0 spiro atoms. The van der Waals surface area contributed by atoms with Gasteiger partial charge in [0.15, 0.2) is 5.82 Å². The van der Waals surface area contributed by atoms with Crippen LogP contribution in [0, 0.1) is 12.7 Å². The molecule has 12 heteroatoms. The normalized spacial score (nSPS) is 17.1. The lowest BCUT2D eigenvalue weighted by atomic mass is 9.99. The van der Waals surface area contributed by atoms with Crippen LogP contribution in [-0.4, -0.2) is 46.1 Å². The Morgan fingerprint density at radius 2 is 2.06 bits per heavy atom. The third-order valence-electron chi connectivity index (χ3n) is 5.71. The summed E-state index contributed by atoms with van der Waals surface area (Å²) in [5.41, 5.74) is 1.57. The van der Waals surface area contributed by atoms with Gasteiger partial charge < -0.3 is 15.4 Å². The Labute approximate surface area is 190 Å². The number of halogens is 5. The second-order valence-electron chi connectivity index (χ2n) is 7.99. The molecule has 1 saturated heterocycles. The Balaban J connectivity index is 1.87. The van der Waals surface area contributed by atoms with E-state index < -0.39 is 44.9 Å². The number of anilines is 1. The van der Waals surface area contributed by atoms with E-state index in [1.165, 1.54) is 6.92 Å². The molecule has 0 radical (unpaired) electrons. The van der Waals surface area contributed by atoms with Crippen LogP contribution >= 0.6 is 11.6 Å². The molecular weight excluding hydrogens is 466 g/mol. The minimum atomic E-state index is -4.85. The molecular formula is C21H20ClF4N5O2. The third-order valence-corrected chi connectivity index (χ3v) is 6.01. The summed E-state index contributed by atoms with van der Waals surface area (Å²) in [7, 11) is 1.93. The molecule has 0 bridgehead atoms. The minimum absolute atomic E-state index is 0.102. The fraction of sp³-hybridized carbons (Fsp3) is 0.381. The van der Waals surface area contributed by atoms with Crippen molar-refractivity contribution in [2.75, 3.05) is 25.9 Å². The average molecular weight is 486 g/mol. The molecule has 0 aliphatic carbocycles. The predicted molar refractivity (Wildman–Crippen MR) is 116 cm³/mol. The zero-order chi connectivity index (χ0) is 24.1. The average Bonchev–Trinajstić information content (AvgIpc) is 3.10. The molecule has 3 aromatic rings. The van der Waals surface area contributed by atoms with Crippen molar-refractivity contribution in [2.24, 2.45) is 0 Å². The largest absolute Gasteiger partial charge is 0.463 e. The number of pyridine rings is 1. The zero-order valence-electron chi connectivity index (χ0n) is 17.7. The maximum absolute atomic E-state index is 15.6. The van der Waals surface area contributed by atoms with Crippen LogP contribution in [0.4, 0.5) is 23.4 Å². The lowest BCUT2D eigenvalue weighted by molar-refractivity contribution is -0.137. The van der Waals surface area contributed by atoms with Gasteiger partial charge in [0.2, 0.25) is 0 Å². The van der Waals surface area contributed by atoms with Crippen LogP contribution in [0.2, 0.25) is 5.02 Å². The van der Waals surface area contributed by atoms with Crippen molar-refractivity contribution in [2.45, 2.75) is 32.0 Å². The highest BCUT2D eigenvalue weighted by molar-refractivity contribution is 6.34. The van der Waals surface area contributed by atoms with Crippen molar-refractivity contribution >= 4 is 28.3 Å². The second-order valence-corrected chi connectivity index (χ2v) is 8.39. The summed E-state index contributed by atoms with van der Waals surface area (Å²) in [4.78, 5) is 24.8. The molecule has 1 unspecified atom stereocenters. The maximum atomic E-state index is 15.6. The lowest BCUT2D eigenvalue weighted by Gasteiger charge is -2.19. The quantitative estimate of drug-likeness (QED) is 0.539. The number of likely N-dealkylation sites (tertiary alicyclic amines) is 1. The van der Waals surface area contributed by atoms with Crippen molar-refractivity contribution in [3.8, 4) is 17.3 Å². The third kappa shape index (κ3) is 4.34. The van der Waals surface area contributed by atoms with Gasteiger partial charge in [-0.15, -0.1) is 0 Å². The first-order chi connectivity index (χ1) is 15.5. The molecule has 3 N–H and O–H groups in total. The summed E-state index contributed by atoms with van der Waals surface area (Å²) < 4.78 is 62.5. The first kappa shape index (κ1) is 23.2. The Morgan fingerprint density at radius 3 is 2.70 bits per heavy atom. The summed E-state index contributed by atoms with van der Waals surface area (Å²) in [5.74, 6) is -1.47. The molecule has 1 aliphatic rings. The van der Waals surface area contributed by atoms with E-state index in [1.54, 1.807) is 0 Å². The molecule has 1 aliphatic heterocycles. The van der Waals surface area contributed by atoms with Crippen LogP contribution in [0.3, 0.4) is 0 Å². The smallest absolute Gasteiger partial charge is 0.418 e. The number of hydrogen-bond donors (Lipinski definition) is 2. The summed E-state index contributed by atoms with van der Waals surface area (Å²) in [6.07, 6.45) is -2.96. The molecule has 7 nitrogen and oxygen atoms in total. The van der Waals surface area contributed by atoms with Crippen LogP contribution in [0.1, 0.15) is 24.0 Å². The number of aromatic amines is 1. The fourth-order valence-corrected chi connectivity index (χ4v) is 4.35. The number of likely N-dealkylation sites (N-methyl/N-ethyl adjacent to an activating group) is 1. The van der Waals surface area contributed by atoms with E-state index in [9.17, 15) is 18.0 Å². The van der Waals surface area contributed by atoms with Gasteiger partial charge in [-0.1, -0.05) is 11.6 Å². The molecule has 1 atom stereocenters. The summed E-state index contributed by atoms with van der Waals surface area (Å²) in [5, 5.41) is -0.669. The van der Waals surface area contributed by atoms with Crippen molar-refractivity contribution in [1.82, 2.24) is 19.9 Å². The van der Waals surface area contributed by atoms with Gasteiger partial charge in [0.1, 0.15) is 17.9 Å². The number of aryl methyl sites for hydroxylation is 1. The summed E-state index contributed by atoms with van der Waals surface area (Å²) >= 11 is 6.14. The van der Waals surface area contributed by atoms with E-state index >= 15 is 4.39 Å². The SMILES string of the molecule is Cc1cc(N)nc(-c2c(Cl)cc3c(=O)[nH]c(OCC4CCCN4C)nc3c2F)c1C(F)(F)F. The monoisotopic (exact) mass is 485 g/mol. The Bertz CT molecular complexity index is 1290. The van der Waals surface area contributed by atoms with Crippen molar-refractivity contribution in [1.29, 1.82) is 0 Å². The lowest BCUT2D eigenvalue weighted by Crippen LogP contribution is -2.31. The van der Waals surface area contributed by atoms with Crippen molar-refractivity contribution in [3.05, 3.63) is 44.5 Å². The molecule has 4 rings (SSSR count). The Morgan fingerprint density at radius 1 is 1.33 bits per heavy atom. The van der Waals surface area contributed by atoms with E-state index in [4.69, 9.17) is 22.1 Å². The van der Waals surface area contributed by atoms with Gasteiger partial charge >= 0.3 is 6.18 Å². The van der Waals surface area contributed by atoms with Crippen LogP contribution in [-0.2, 0) is 6.18 Å². The topological polar surface area (TPSA) is 97.1 Å². The van der Waals surface area contributed by atoms with Crippen LogP contribution in [0.25, 0.3) is 22.2 Å². The van der Waals surface area contributed by atoms with Gasteiger partial charge in [0, 0.05) is 6.04 Å². The molecule has 1 aromatic carbocycles. The number of benzene rings is 1. The number of nitrogens with zero attached hydrogens (tertiary/aromatic N) is 3. The minimum Gasteiger partial charge on any atom is -0.463 e. The number of alkyl halides is 3.